The molecule has 0 aromatic heterocycles. The maximum absolute atomic E-state index is 12.9. The lowest BCUT2D eigenvalue weighted by atomic mass is 9.74. The van der Waals surface area contributed by atoms with Gasteiger partial charge in [0.05, 0.1) is 5.41 Å². The summed E-state index contributed by atoms with van der Waals surface area (Å²) in [5.74, 6) is 2.76. The smallest absolute Gasteiger partial charge is 0.228 e. The zero-order valence-corrected chi connectivity index (χ0v) is 12.5. The maximum atomic E-state index is 12.9. The summed E-state index contributed by atoms with van der Waals surface area (Å²) in [6.07, 6.45) is 5.37. The van der Waals surface area contributed by atoms with Crippen LogP contribution >= 0.6 is 11.8 Å². The van der Waals surface area contributed by atoms with Gasteiger partial charge >= 0.3 is 0 Å². The predicted octanol–water partition coefficient (Wildman–Crippen LogP) is 2.12. The highest BCUT2D eigenvalue weighted by Gasteiger charge is 2.42. The molecule has 1 N–H and O–H groups in total. The second kappa shape index (κ2) is 6.29. The number of nitrogens with one attached hydrogen (secondary N) is 1. The monoisotopic (exact) mass is 270 g/mol. The van der Waals surface area contributed by atoms with Gasteiger partial charge in [-0.2, -0.15) is 11.8 Å². The fourth-order valence-electron chi connectivity index (χ4n) is 3.32. The number of nitrogens with zero attached hydrogens (tertiary/aromatic N) is 1. The number of hydrogen-bond donors (Lipinski definition) is 1. The molecule has 2 saturated heterocycles. The summed E-state index contributed by atoms with van der Waals surface area (Å²) in [6, 6.07) is 0.478. The van der Waals surface area contributed by atoms with Gasteiger partial charge in [-0.15, -0.1) is 0 Å². The van der Waals surface area contributed by atoms with E-state index in [4.69, 9.17) is 0 Å². The van der Waals surface area contributed by atoms with E-state index in [1.807, 2.05) is 18.8 Å². The van der Waals surface area contributed by atoms with Crippen LogP contribution < -0.4 is 5.32 Å². The Morgan fingerprint density at radius 1 is 1.44 bits per heavy atom. The van der Waals surface area contributed by atoms with Crippen LogP contribution in [0.1, 0.15) is 39.0 Å². The summed E-state index contributed by atoms with van der Waals surface area (Å²) < 4.78 is 0. The number of hydrogen-bond acceptors (Lipinski definition) is 3. The van der Waals surface area contributed by atoms with Gasteiger partial charge < -0.3 is 10.2 Å². The van der Waals surface area contributed by atoms with Gasteiger partial charge in [0, 0.05) is 18.8 Å². The summed E-state index contributed by atoms with van der Waals surface area (Å²) in [7, 11) is 2.03. The fourth-order valence-corrected chi connectivity index (χ4v) is 4.59. The van der Waals surface area contributed by atoms with E-state index in [1.54, 1.807) is 0 Å². The highest BCUT2D eigenvalue weighted by Crippen LogP contribution is 2.37. The molecular weight excluding hydrogens is 244 g/mol. The van der Waals surface area contributed by atoms with Gasteiger partial charge in [0.25, 0.3) is 0 Å². The molecule has 2 fully saturated rings. The molecule has 1 unspecified atom stereocenters. The minimum atomic E-state index is -0.0675. The molecular formula is C14H26N2OS. The third kappa shape index (κ3) is 2.85. The van der Waals surface area contributed by atoms with Crippen molar-refractivity contribution in [3.05, 3.63) is 0 Å². The normalized spacial score (nSPS) is 27.1. The molecule has 0 spiro atoms. The summed E-state index contributed by atoms with van der Waals surface area (Å²) in [5.41, 5.74) is -0.0675. The standard InChI is InChI=1S/C14H26N2OS/c1-3-5-14(6-8-15-9-7-14)13(17)16(2)12-4-10-18-11-12/h12,15H,3-11H2,1-2H3. The van der Waals surface area contributed by atoms with Gasteiger partial charge in [-0.3, -0.25) is 4.79 Å². The second-order valence-corrected chi connectivity index (χ2v) is 6.86. The Kier molecular flexibility index (Phi) is 4.96. The average Bonchev–Trinajstić information content (AvgIpc) is 2.92. The van der Waals surface area contributed by atoms with Gasteiger partial charge in [0.2, 0.25) is 5.91 Å². The largest absolute Gasteiger partial charge is 0.341 e. The molecule has 0 radical (unpaired) electrons. The number of amides is 1. The fraction of sp³-hybridized carbons (Fsp3) is 0.929. The van der Waals surface area contributed by atoms with Crippen molar-refractivity contribution < 1.29 is 4.79 Å². The molecule has 2 aliphatic heterocycles. The van der Waals surface area contributed by atoms with Gasteiger partial charge in [-0.25, -0.2) is 0 Å². The molecule has 104 valence electrons. The van der Waals surface area contributed by atoms with Gasteiger partial charge in [0.15, 0.2) is 0 Å². The quantitative estimate of drug-likeness (QED) is 0.849. The third-order valence-corrected chi connectivity index (χ3v) is 5.66. The molecule has 0 aliphatic carbocycles. The van der Waals surface area contributed by atoms with E-state index in [0.717, 1.165) is 44.5 Å². The van der Waals surface area contributed by atoms with Gasteiger partial charge in [-0.05, 0) is 44.5 Å². The van der Waals surface area contributed by atoms with Crippen molar-refractivity contribution in [2.75, 3.05) is 31.6 Å². The summed E-state index contributed by atoms with van der Waals surface area (Å²) in [6.45, 7) is 4.19. The second-order valence-electron chi connectivity index (χ2n) is 5.71. The Balaban J connectivity index is 2.06. The van der Waals surface area contributed by atoms with Crippen LogP contribution in [-0.4, -0.2) is 48.5 Å². The molecule has 2 heterocycles. The van der Waals surface area contributed by atoms with E-state index >= 15 is 0 Å². The Morgan fingerprint density at radius 3 is 2.72 bits per heavy atom. The predicted molar refractivity (Wildman–Crippen MR) is 77.9 cm³/mol. The van der Waals surface area contributed by atoms with E-state index in [0.29, 0.717) is 11.9 Å². The van der Waals surface area contributed by atoms with Crippen LogP contribution in [0.5, 0.6) is 0 Å². The topological polar surface area (TPSA) is 32.3 Å². The molecule has 0 aromatic carbocycles. The first-order valence-corrected chi connectivity index (χ1v) is 8.41. The molecule has 0 bridgehead atoms. The lowest BCUT2D eigenvalue weighted by Crippen LogP contribution is -2.51. The van der Waals surface area contributed by atoms with Gasteiger partial charge in [-0.1, -0.05) is 13.3 Å². The molecule has 18 heavy (non-hydrogen) atoms. The third-order valence-electron chi connectivity index (χ3n) is 4.52. The van der Waals surface area contributed by atoms with Crippen LogP contribution in [0.3, 0.4) is 0 Å². The molecule has 2 rings (SSSR count). The number of thioether (sulfide) groups is 1. The van der Waals surface area contributed by atoms with E-state index in [-0.39, 0.29) is 5.41 Å². The maximum Gasteiger partial charge on any atom is 0.228 e. The molecule has 0 saturated carbocycles. The zero-order valence-electron chi connectivity index (χ0n) is 11.7. The van der Waals surface area contributed by atoms with Crippen molar-refractivity contribution in [3.8, 4) is 0 Å². The van der Waals surface area contributed by atoms with Crippen molar-refractivity contribution in [2.24, 2.45) is 5.41 Å². The number of carbonyl (C=O) groups is 1. The van der Waals surface area contributed by atoms with Crippen molar-refractivity contribution in [1.82, 2.24) is 10.2 Å². The zero-order chi connectivity index (χ0) is 13.0. The van der Waals surface area contributed by atoms with E-state index < -0.39 is 0 Å². The Hall–Kier alpha value is -0.220. The van der Waals surface area contributed by atoms with Crippen LogP contribution in [0.4, 0.5) is 0 Å². The highest BCUT2D eigenvalue weighted by atomic mass is 32.2. The first-order valence-electron chi connectivity index (χ1n) is 7.25. The SMILES string of the molecule is CCCC1(C(=O)N(C)C2CCSC2)CCNCC1. The Labute approximate surface area is 115 Å². The lowest BCUT2D eigenvalue weighted by Gasteiger charge is -2.40. The molecule has 1 atom stereocenters. The molecule has 3 nitrogen and oxygen atoms in total. The van der Waals surface area contributed by atoms with Crippen molar-refractivity contribution in [3.63, 3.8) is 0 Å². The van der Waals surface area contributed by atoms with Gasteiger partial charge in [0.1, 0.15) is 0 Å². The Morgan fingerprint density at radius 2 is 2.17 bits per heavy atom. The van der Waals surface area contributed by atoms with Crippen LogP contribution in [0.15, 0.2) is 0 Å². The minimum absolute atomic E-state index is 0.0675. The minimum Gasteiger partial charge on any atom is -0.341 e. The van der Waals surface area contributed by atoms with Crippen LogP contribution in [0.25, 0.3) is 0 Å². The van der Waals surface area contributed by atoms with Crippen molar-refractivity contribution >= 4 is 17.7 Å². The number of rotatable bonds is 4. The van der Waals surface area contributed by atoms with E-state index in [1.165, 1.54) is 12.2 Å². The van der Waals surface area contributed by atoms with Crippen LogP contribution in [0.2, 0.25) is 0 Å². The summed E-state index contributed by atoms with van der Waals surface area (Å²) in [4.78, 5) is 15.0. The van der Waals surface area contributed by atoms with E-state index in [9.17, 15) is 4.79 Å². The first-order chi connectivity index (χ1) is 8.69. The van der Waals surface area contributed by atoms with Crippen LogP contribution in [-0.2, 0) is 4.79 Å². The highest BCUT2D eigenvalue weighted by molar-refractivity contribution is 7.99. The number of piperidine rings is 1. The summed E-state index contributed by atoms with van der Waals surface area (Å²) >= 11 is 1.98. The number of carbonyl (C=O) groups excluding carboxylic acids is 1. The molecule has 2 aliphatic rings. The lowest BCUT2D eigenvalue weighted by molar-refractivity contribution is -0.144. The van der Waals surface area contributed by atoms with Crippen molar-refractivity contribution in [1.29, 1.82) is 0 Å². The first kappa shape index (κ1) is 14.2. The van der Waals surface area contributed by atoms with Crippen molar-refractivity contribution in [2.45, 2.75) is 45.1 Å². The Bertz CT molecular complexity index is 278. The summed E-state index contributed by atoms with van der Waals surface area (Å²) in [5, 5.41) is 3.39. The van der Waals surface area contributed by atoms with E-state index in [2.05, 4.69) is 17.1 Å². The molecule has 1 amide bonds. The molecule has 0 aromatic rings. The average molecular weight is 270 g/mol. The van der Waals surface area contributed by atoms with Crippen LogP contribution in [0, 0.1) is 5.41 Å². The molecule has 4 heteroatoms.